The second kappa shape index (κ2) is 9.24. The molecule has 118 valence electrons. The maximum Gasteiger partial charge on any atom is 0.134 e. The summed E-state index contributed by atoms with van der Waals surface area (Å²) in [5.74, 6) is 1.89. The number of anilines is 1. The van der Waals surface area contributed by atoms with Crippen LogP contribution in [0.3, 0.4) is 0 Å². The molecule has 1 fully saturated rings. The molecule has 2 heterocycles. The Morgan fingerprint density at radius 3 is 2.52 bits per heavy atom. The first-order valence-corrected chi connectivity index (χ1v) is 8.90. The molecule has 0 radical (unpaired) electrons. The molecule has 1 aliphatic heterocycles. The van der Waals surface area contributed by atoms with Crippen LogP contribution in [-0.4, -0.2) is 23.1 Å². The Balaban J connectivity index is 1.62. The second-order valence-electron chi connectivity index (χ2n) is 6.19. The van der Waals surface area contributed by atoms with Gasteiger partial charge in [-0.3, -0.25) is 0 Å². The minimum Gasteiger partial charge on any atom is -0.356 e. The van der Waals surface area contributed by atoms with Gasteiger partial charge in [0.2, 0.25) is 0 Å². The lowest BCUT2D eigenvalue weighted by atomic mass is 9.91. The van der Waals surface area contributed by atoms with E-state index in [1.165, 1.54) is 57.8 Å². The zero-order valence-corrected chi connectivity index (χ0v) is 14.0. The van der Waals surface area contributed by atoms with E-state index < -0.39 is 0 Å². The van der Waals surface area contributed by atoms with Gasteiger partial charge in [0.25, 0.3) is 0 Å². The highest BCUT2D eigenvalue weighted by atomic mass is 35.5. The van der Waals surface area contributed by atoms with E-state index in [0.29, 0.717) is 5.15 Å². The highest BCUT2D eigenvalue weighted by Crippen LogP contribution is 2.26. The van der Waals surface area contributed by atoms with Crippen molar-refractivity contribution in [2.75, 3.05) is 18.0 Å². The van der Waals surface area contributed by atoms with Crippen LogP contribution in [0.15, 0.2) is 12.4 Å². The molecule has 0 saturated carbocycles. The molecule has 0 bridgehead atoms. The van der Waals surface area contributed by atoms with Crippen molar-refractivity contribution in [1.29, 1.82) is 0 Å². The average molecular weight is 310 g/mol. The van der Waals surface area contributed by atoms with E-state index in [4.69, 9.17) is 11.6 Å². The molecular weight excluding hydrogens is 282 g/mol. The number of aromatic nitrogens is 2. The Morgan fingerprint density at radius 1 is 1.10 bits per heavy atom. The van der Waals surface area contributed by atoms with E-state index in [1.54, 1.807) is 6.33 Å². The summed E-state index contributed by atoms with van der Waals surface area (Å²) in [6.07, 6.45) is 14.0. The molecule has 1 aromatic heterocycles. The molecule has 0 N–H and O–H groups in total. The van der Waals surface area contributed by atoms with E-state index in [1.807, 2.05) is 6.07 Å². The van der Waals surface area contributed by atoms with Crippen molar-refractivity contribution in [2.24, 2.45) is 5.92 Å². The number of hydrogen-bond donors (Lipinski definition) is 0. The number of unbranched alkanes of at least 4 members (excludes halogenated alkanes) is 5. The summed E-state index contributed by atoms with van der Waals surface area (Å²) >= 11 is 5.94. The third-order valence-electron chi connectivity index (χ3n) is 4.52. The minimum atomic E-state index is 0.536. The van der Waals surface area contributed by atoms with Crippen LogP contribution in [0.1, 0.15) is 64.7 Å². The second-order valence-corrected chi connectivity index (χ2v) is 6.57. The first-order chi connectivity index (χ1) is 10.3. The first kappa shape index (κ1) is 16.5. The third kappa shape index (κ3) is 5.82. The van der Waals surface area contributed by atoms with Gasteiger partial charge < -0.3 is 4.90 Å². The molecule has 1 aromatic rings. The molecule has 4 heteroatoms. The SMILES string of the molecule is CCCCCCCCC1CCN(c2cc(Cl)ncn2)CC1. The number of piperidine rings is 1. The van der Waals surface area contributed by atoms with Gasteiger partial charge >= 0.3 is 0 Å². The van der Waals surface area contributed by atoms with Crippen LogP contribution >= 0.6 is 11.6 Å². The maximum absolute atomic E-state index is 5.94. The van der Waals surface area contributed by atoms with Crippen LogP contribution in [0.5, 0.6) is 0 Å². The van der Waals surface area contributed by atoms with Gasteiger partial charge in [-0.15, -0.1) is 0 Å². The van der Waals surface area contributed by atoms with Crippen LogP contribution < -0.4 is 4.90 Å². The van der Waals surface area contributed by atoms with Crippen LogP contribution in [0, 0.1) is 5.92 Å². The molecule has 2 rings (SSSR count). The van der Waals surface area contributed by atoms with Crippen molar-refractivity contribution in [3.63, 3.8) is 0 Å². The predicted octanol–water partition coefficient (Wildman–Crippen LogP) is 5.10. The van der Waals surface area contributed by atoms with E-state index in [-0.39, 0.29) is 0 Å². The number of hydrogen-bond acceptors (Lipinski definition) is 3. The van der Waals surface area contributed by atoms with Gasteiger partial charge in [-0.05, 0) is 18.8 Å². The van der Waals surface area contributed by atoms with Gasteiger partial charge in [0.05, 0.1) is 0 Å². The molecular formula is C17H28ClN3. The zero-order valence-electron chi connectivity index (χ0n) is 13.2. The van der Waals surface area contributed by atoms with Gasteiger partial charge in [0, 0.05) is 19.2 Å². The van der Waals surface area contributed by atoms with Gasteiger partial charge in [-0.2, -0.15) is 0 Å². The van der Waals surface area contributed by atoms with E-state index in [9.17, 15) is 0 Å². The summed E-state index contributed by atoms with van der Waals surface area (Å²) in [6.45, 7) is 4.49. The number of rotatable bonds is 8. The van der Waals surface area contributed by atoms with Gasteiger partial charge in [0.1, 0.15) is 17.3 Å². The lowest BCUT2D eigenvalue weighted by Crippen LogP contribution is -2.34. The lowest BCUT2D eigenvalue weighted by molar-refractivity contribution is 0.365. The summed E-state index contributed by atoms with van der Waals surface area (Å²) < 4.78 is 0. The Labute approximate surface area is 134 Å². The fourth-order valence-corrected chi connectivity index (χ4v) is 3.30. The molecule has 0 amide bonds. The minimum absolute atomic E-state index is 0.536. The Bertz CT molecular complexity index is 403. The third-order valence-corrected chi connectivity index (χ3v) is 4.73. The summed E-state index contributed by atoms with van der Waals surface area (Å²) in [7, 11) is 0. The smallest absolute Gasteiger partial charge is 0.134 e. The average Bonchev–Trinajstić information content (AvgIpc) is 2.51. The zero-order chi connectivity index (χ0) is 14.9. The van der Waals surface area contributed by atoms with Crippen molar-refractivity contribution >= 4 is 17.4 Å². The summed E-state index contributed by atoms with van der Waals surface area (Å²) in [6, 6.07) is 1.87. The van der Waals surface area contributed by atoms with Crippen molar-refractivity contribution in [3.8, 4) is 0 Å². The largest absolute Gasteiger partial charge is 0.356 e. The molecule has 0 atom stereocenters. The number of halogens is 1. The monoisotopic (exact) mass is 309 g/mol. The van der Waals surface area contributed by atoms with Crippen molar-refractivity contribution in [2.45, 2.75) is 64.7 Å². The lowest BCUT2D eigenvalue weighted by Gasteiger charge is -2.32. The van der Waals surface area contributed by atoms with Crippen molar-refractivity contribution < 1.29 is 0 Å². The molecule has 3 nitrogen and oxygen atoms in total. The van der Waals surface area contributed by atoms with Gasteiger partial charge in [-0.1, -0.05) is 63.5 Å². The summed E-state index contributed by atoms with van der Waals surface area (Å²) in [5, 5.41) is 0.536. The molecule has 0 aromatic carbocycles. The predicted molar refractivity (Wildman–Crippen MR) is 90.0 cm³/mol. The maximum atomic E-state index is 5.94. The molecule has 0 spiro atoms. The van der Waals surface area contributed by atoms with Gasteiger partial charge in [-0.25, -0.2) is 9.97 Å². The molecule has 1 saturated heterocycles. The topological polar surface area (TPSA) is 29.0 Å². The van der Waals surface area contributed by atoms with Crippen LogP contribution in [0.2, 0.25) is 5.15 Å². The van der Waals surface area contributed by atoms with E-state index in [2.05, 4.69) is 21.8 Å². The Kier molecular flexibility index (Phi) is 7.28. The highest BCUT2D eigenvalue weighted by Gasteiger charge is 2.19. The Morgan fingerprint density at radius 2 is 1.81 bits per heavy atom. The Hall–Kier alpha value is -0.830. The molecule has 0 aliphatic carbocycles. The molecule has 1 aliphatic rings. The first-order valence-electron chi connectivity index (χ1n) is 8.52. The van der Waals surface area contributed by atoms with Crippen molar-refractivity contribution in [1.82, 2.24) is 9.97 Å². The summed E-state index contributed by atoms with van der Waals surface area (Å²) in [5.41, 5.74) is 0. The van der Waals surface area contributed by atoms with Crippen molar-refractivity contribution in [3.05, 3.63) is 17.5 Å². The normalized spacial score (nSPS) is 16.4. The standard InChI is InChI=1S/C17H28ClN3/c1-2-3-4-5-6-7-8-15-9-11-21(12-10-15)17-13-16(18)19-14-20-17/h13-15H,2-12H2,1H3. The van der Waals surface area contributed by atoms with E-state index >= 15 is 0 Å². The van der Waals surface area contributed by atoms with Gasteiger partial charge in [0.15, 0.2) is 0 Å². The fourth-order valence-electron chi connectivity index (χ4n) is 3.16. The highest BCUT2D eigenvalue weighted by molar-refractivity contribution is 6.29. The van der Waals surface area contributed by atoms with Crippen LogP contribution in [0.4, 0.5) is 5.82 Å². The summed E-state index contributed by atoms with van der Waals surface area (Å²) in [4.78, 5) is 10.6. The quantitative estimate of drug-likeness (QED) is 0.494. The van der Waals surface area contributed by atoms with Crippen LogP contribution in [0.25, 0.3) is 0 Å². The fraction of sp³-hybridized carbons (Fsp3) is 0.765. The molecule has 21 heavy (non-hydrogen) atoms. The van der Waals surface area contributed by atoms with E-state index in [0.717, 1.165) is 24.8 Å². The van der Waals surface area contributed by atoms with Crippen LogP contribution in [-0.2, 0) is 0 Å². The number of nitrogens with zero attached hydrogens (tertiary/aromatic N) is 3. The molecule has 0 unspecified atom stereocenters.